The van der Waals surface area contributed by atoms with E-state index in [0.29, 0.717) is 31.9 Å². The van der Waals surface area contributed by atoms with Gasteiger partial charge in [-0.2, -0.15) is 5.10 Å². The summed E-state index contributed by atoms with van der Waals surface area (Å²) in [4.78, 5) is 19.1. The van der Waals surface area contributed by atoms with Crippen LogP contribution in [0.3, 0.4) is 0 Å². The van der Waals surface area contributed by atoms with Crippen LogP contribution in [0.5, 0.6) is 0 Å². The van der Waals surface area contributed by atoms with E-state index >= 15 is 0 Å². The van der Waals surface area contributed by atoms with Crippen LogP contribution in [0.15, 0.2) is 42.7 Å². The van der Waals surface area contributed by atoms with Crippen molar-refractivity contribution in [1.29, 1.82) is 0 Å². The van der Waals surface area contributed by atoms with E-state index in [1.165, 1.54) is 5.56 Å². The van der Waals surface area contributed by atoms with Gasteiger partial charge < -0.3 is 9.64 Å². The molecule has 26 heavy (non-hydrogen) atoms. The van der Waals surface area contributed by atoms with Crippen LogP contribution < -0.4 is 0 Å². The van der Waals surface area contributed by atoms with Crippen LogP contribution in [-0.4, -0.2) is 52.3 Å². The number of fused-ring (bicyclic) bond motifs is 1. The summed E-state index contributed by atoms with van der Waals surface area (Å²) in [6, 6.07) is 9.98. The van der Waals surface area contributed by atoms with Crippen LogP contribution in [0.25, 0.3) is 10.9 Å². The normalized spacial score (nSPS) is 18.0. The molecule has 1 aliphatic rings. The Kier molecular flexibility index (Phi) is 4.67. The van der Waals surface area contributed by atoms with Gasteiger partial charge in [-0.25, -0.2) is 0 Å². The minimum atomic E-state index is 0.0383. The SMILES string of the molecule is Cc1ncccc1C(=O)N1CCOC[C@@H](Cc2ccc3[nH]ncc3c2)C1. The second-order valence-corrected chi connectivity index (χ2v) is 6.82. The van der Waals surface area contributed by atoms with E-state index in [9.17, 15) is 4.79 Å². The molecule has 3 heterocycles. The molecule has 0 bridgehead atoms. The third kappa shape index (κ3) is 3.46. The maximum atomic E-state index is 12.9. The van der Waals surface area contributed by atoms with Crippen LogP contribution in [-0.2, 0) is 11.2 Å². The zero-order valence-electron chi connectivity index (χ0n) is 14.8. The summed E-state index contributed by atoms with van der Waals surface area (Å²) in [5, 5.41) is 8.15. The van der Waals surface area contributed by atoms with Crippen LogP contribution in [0.1, 0.15) is 21.6 Å². The number of carbonyl (C=O) groups is 1. The molecule has 1 aliphatic heterocycles. The van der Waals surface area contributed by atoms with Gasteiger partial charge in [0, 0.05) is 36.3 Å². The van der Waals surface area contributed by atoms with Crippen LogP contribution in [0, 0.1) is 12.8 Å². The summed E-state index contributed by atoms with van der Waals surface area (Å²) in [6.07, 6.45) is 4.42. The van der Waals surface area contributed by atoms with Crippen LogP contribution >= 0.6 is 0 Å². The van der Waals surface area contributed by atoms with Crippen molar-refractivity contribution in [3.63, 3.8) is 0 Å². The monoisotopic (exact) mass is 350 g/mol. The van der Waals surface area contributed by atoms with E-state index in [1.807, 2.05) is 30.2 Å². The highest BCUT2D eigenvalue weighted by atomic mass is 16.5. The van der Waals surface area contributed by atoms with Crippen molar-refractivity contribution in [3.8, 4) is 0 Å². The van der Waals surface area contributed by atoms with Gasteiger partial charge >= 0.3 is 0 Å². The van der Waals surface area contributed by atoms with E-state index in [4.69, 9.17) is 4.74 Å². The molecule has 0 unspecified atom stereocenters. The number of nitrogens with zero attached hydrogens (tertiary/aromatic N) is 3. The highest BCUT2D eigenvalue weighted by Gasteiger charge is 2.24. The molecule has 134 valence electrons. The molecule has 0 spiro atoms. The molecule has 6 nitrogen and oxygen atoms in total. The molecular formula is C20H22N4O2. The molecule has 6 heteroatoms. The lowest BCUT2D eigenvalue weighted by molar-refractivity contribution is 0.0736. The van der Waals surface area contributed by atoms with Gasteiger partial charge in [0.15, 0.2) is 0 Å². The number of nitrogens with one attached hydrogen (secondary N) is 1. The van der Waals surface area contributed by atoms with Crippen molar-refractivity contribution in [2.45, 2.75) is 13.3 Å². The number of H-pyrrole nitrogens is 1. The first kappa shape index (κ1) is 16.7. The summed E-state index contributed by atoms with van der Waals surface area (Å²) in [6.45, 7) is 4.42. The summed E-state index contributed by atoms with van der Waals surface area (Å²) in [5.41, 5.74) is 3.71. The molecule has 1 atom stereocenters. The fraction of sp³-hybridized carbons (Fsp3) is 0.350. The number of rotatable bonds is 3. The quantitative estimate of drug-likeness (QED) is 0.788. The van der Waals surface area contributed by atoms with Gasteiger partial charge in [-0.1, -0.05) is 6.07 Å². The van der Waals surface area contributed by atoms with Crippen molar-refractivity contribution < 1.29 is 9.53 Å². The second-order valence-electron chi connectivity index (χ2n) is 6.82. The summed E-state index contributed by atoms with van der Waals surface area (Å²) < 4.78 is 5.77. The molecule has 1 aromatic carbocycles. The number of hydrogen-bond donors (Lipinski definition) is 1. The molecule has 4 rings (SSSR count). The standard InChI is InChI=1S/C20H22N4O2/c1-14-18(3-2-6-21-14)20(25)24-7-8-26-13-16(12-24)9-15-4-5-19-17(10-15)11-22-23-19/h2-6,10-11,16H,7-9,12-13H2,1H3,(H,22,23)/t16-/m0/s1. The fourth-order valence-corrected chi connectivity index (χ4v) is 3.52. The molecular weight excluding hydrogens is 328 g/mol. The highest BCUT2D eigenvalue weighted by Crippen LogP contribution is 2.19. The first-order chi connectivity index (χ1) is 12.7. The maximum Gasteiger partial charge on any atom is 0.255 e. The van der Waals surface area contributed by atoms with E-state index in [0.717, 1.165) is 23.0 Å². The van der Waals surface area contributed by atoms with E-state index in [1.54, 1.807) is 6.20 Å². The summed E-state index contributed by atoms with van der Waals surface area (Å²) in [7, 11) is 0. The predicted molar refractivity (Wildman–Crippen MR) is 99.0 cm³/mol. The van der Waals surface area contributed by atoms with Crippen molar-refractivity contribution in [1.82, 2.24) is 20.1 Å². The average molecular weight is 350 g/mol. The first-order valence-corrected chi connectivity index (χ1v) is 8.91. The largest absolute Gasteiger partial charge is 0.379 e. The van der Waals surface area contributed by atoms with Gasteiger partial charge in [-0.3, -0.25) is 14.9 Å². The Labute approximate surface area is 152 Å². The number of hydrogen-bond acceptors (Lipinski definition) is 4. The Bertz CT molecular complexity index is 921. The Balaban J connectivity index is 1.50. The minimum Gasteiger partial charge on any atom is -0.379 e. The number of benzene rings is 1. The van der Waals surface area contributed by atoms with E-state index in [-0.39, 0.29) is 11.8 Å². The molecule has 1 fully saturated rings. The van der Waals surface area contributed by atoms with Gasteiger partial charge in [0.2, 0.25) is 0 Å². The fourth-order valence-electron chi connectivity index (χ4n) is 3.52. The topological polar surface area (TPSA) is 71.1 Å². The Morgan fingerprint density at radius 3 is 3.19 bits per heavy atom. The number of aryl methyl sites for hydroxylation is 1. The van der Waals surface area contributed by atoms with Crippen LogP contribution in [0.4, 0.5) is 0 Å². The van der Waals surface area contributed by atoms with Crippen molar-refractivity contribution >= 4 is 16.8 Å². The van der Waals surface area contributed by atoms with E-state index < -0.39 is 0 Å². The van der Waals surface area contributed by atoms with Crippen molar-refractivity contribution in [3.05, 3.63) is 59.5 Å². The van der Waals surface area contributed by atoms with Crippen molar-refractivity contribution in [2.75, 3.05) is 26.3 Å². The molecule has 1 amide bonds. The van der Waals surface area contributed by atoms with E-state index in [2.05, 4.69) is 33.4 Å². The zero-order valence-corrected chi connectivity index (χ0v) is 14.8. The molecule has 0 saturated carbocycles. The Hall–Kier alpha value is -2.73. The van der Waals surface area contributed by atoms with Gasteiger partial charge in [-0.05, 0) is 43.2 Å². The summed E-state index contributed by atoms with van der Waals surface area (Å²) >= 11 is 0. The number of carbonyl (C=O) groups excluding carboxylic acids is 1. The van der Waals surface area contributed by atoms with Crippen LogP contribution in [0.2, 0.25) is 0 Å². The Morgan fingerprint density at radius 2 is 2.31 bits per heavy atom. The number of aromatic nitrogens is 3. The minimum absolute atomic E-state index is 0.0383. The molecule has 0 aliphatic carbocycles. The van der Waals surface area contributed by atoms with Gasteiger partial charge in [0.25, 0.3) is 5.91 Å². The molecule has 1 N–H and O–H groups in total. The lowest BCUT2D eigenvalue weighted by Gasteiger charge is -2.24. The molecule has 2 aromatic heterocycles. The van der Waals surface area contributed by atoms with Gasteiger partial charge in [-0.15, -0.1) is 0 Å². The number of amides is 1. The number of pyridine rings is 1. The van der Waals surface area contributed by atoms with Gasteiger partial charge in [0.1, 0.15) is 0 Å². The predicted octanol–water partition coefficient (Wildman–Crippen LogP) is 2.60. The third-order valence-corrected chi connectivity index (χ3v) is 4.89. The lowest BCUT2D eigenvalue weighted by Crippen LogP contribution is -2.36. The Morgan fingerprint density at radius 1 is 1.38 bits per heavy atom. The molecule has 3 aromatic rings. The average Bonchev–Trinajstić information content (AvgIpc) is 2.99. The lowest BCUT2D eigenvalue weighted by atomic mass is 9.98. The van der Waals surface area contributed by atoms with Gasteiger partial charge in [0.05, 0.1) is 30.5 Å². The first-order valence-electron chi connectivity index (χ1n) is 8.91. The number of ether oxygens (including phenoxy) is 1. The second kappa shape index (κ2) is 7.25. The molecule has 0 radical (unpaired) electrons. The maximum absolute atomic E-state index is 12.9. The third-order valence-electron chi connectivity index (χ3n) is 4.89. The smallest absolute Gasteiger partial charge is 0.255 e. The zero-order chi connectivity index (χ0) is 17.9. The molecule has 1 saturated heterocycles. The van der Waals surface area contributed by atoms with Crippen molar-refractivity contribution in [2.24, 2.45) is 5.92 Å². The number of aromatic amines is 1. The summed E-state index contributed by atoms with van der Waals surface area (Å²) in [5.74, 6) is 0.305. The highest BCUT2D eigenvalue weighted by molar-refractivity contribution is 5.95.